The number of nitrogens with zero attached hydrogens (tertiary/aromatic N) is 3. The molecule has 0 spiro atoms. The Hall–Kier alpha value is -1.88. The number of nitrogens with one attached hydrogen (secondary N) is 1. The maximum atomic E-state index is 6.46. The summed E-state index contributed by atoms with van der Waals surface area (Å²) in [6.45, 7) is 3.65. The summed E-state index contributed by atoms with van der Waals surface area (Å²) in [6, 6.07) is 12.3. The van der Waals surface area contributed by atoms with Crippen LogP contribution in [0.4, 0.5) is 0 Å². The molecule has 1 aliphatic rings. The molecule has 1 aliphatic heterocycles. The van der Waals surface area contributed by atoms with Crippen LogP contribution in [0, 0.1) is 6.92 Å². The van der Waals surface area contributed by atoms with Gasteiger partial charge in [0.1, 0.15) is 5.82 Å². The molecule has 6 heteroatoms. The molecule has 4 rings (SSSR count). The highest BCUT2D eigenvalue weighted by molar-refractivity contribution is 6.35. The molecule has 1 atom stereocenters. The van der Waals surface area contributed by atoms with E-state index in [-0.39, 0.29) is 5.92 Å². The molecule has 2 aromatic carbocycles. The molecule has 0 radical (unpaired) electrons. The van der Waals surface area contributed by atoms with E-state index in [0.717, 1.165) is 35.1 Å². The average Bonchev–Trinajstić information content (AvgIpc) is 3.02. The minimum atomic E-state index is 0.213. The molecule has 0 saturated carbocycles. The number of aromatic amines is 1. The monoisotopic (exact) mass is 372 g/mol. The van der Waals surface area contributed by atoms with E-state index in [4.69, 9.17) is 23.2 Å². The molecule has 0 saturated heterocycles. The molecule has 0 bridgehead atoms. The molecular formula is C19H18Cl2N4. The number of fused-ring (bicyclic) bond motifs is 1. The van der Waals surface area contributed by atoms with E-state index in [1.54, 1.807) is 0 Å². The van der Waals surface area contributed by atoms with Crippen LogP contribution in [-0.4, -0.2) is 33.7 Å². The Morgan fingerprint density at radius 2 is 2.04 bits per heavy atom. The fourth-order valence-corrected chi connectivity index (χ4v) is 4.07. The Kier molecular flexibility index (Phi) is 4.28. The Bertz CT molecular complexity index is 935. The van der Waals surface area contributed by atoms with Gasteiger partial charge < -0.3 is 4.90 Å². The molecule has 3 aromatic rings. The summed E-state index contributed by atoms with van der Waals surface area (Å²) in [5, 5.41) is 8.59. The highest BCUT2D eigenvalue weighted by Gasteiger charge is 2.27. The Labute approximate surface area is 156 Å². The number of aryl methyl sites for hydroxylation is 1. The second-order valence-corrected chi connectivity index (χ2v) is 7.42. The molecule has 128 valence electrons. The SMILES string of the molecule is Cc1nc(-c2cccc([C@@H]3CN(C)Cc4c(Cl)cc(Cl)cc43)c2)n[nH]1. The van der Waals surface area contributed by atoms with Gasteiger partial charge in [-0.25, -0.2) is 4.98 Å². The van der Waals surface area contributed by atoms with Gasteiger partial charge in [-0.1, -0.05) is 41.4 Å². The van der Waals surface area contributed by atoms with Gasteiger partial charge in [-0.05, 0) is 48.9 Å². The van der Waals surface area contributed by atoms with Crippen LogP contribution in [0.5, 0.6) is 0 Å². The molecule has 4 nitrogen and oxygen atoms in total. The summed E-state index contributed by atoms with van der Waals surface area (Å²) >= 11 is 12.7. The highest BCUT2D eigenvalue weighted by Crippen LogP contribution is 2.39. The van der Waals surface area contributed by atoms with Crippen LogP contribution in [0.1, 0.15) is 28.4 Å². The van der Waals surface area contributed by atoms with E-state index in [0.29, 0.717) is 10.8 Å². The van der Waals surface area contributed by atoms with Crippen molar-refractivity contribution >= 4 is 23.2 Å². The fourth-order valence-electron chi connectivity index (χ4n) is 3.50. The third-order valence-electron chi connectivity index (χ3n) is 4.64. The zero-order valence-electron chi connectivity index (χ0n) is 14.1. The molecule has 0 amide bonds. The van der Waals surface area contributed by atoms with E-state index in [1.807, 2.05) is 25.1 Å². The summed E-state index contributed by atoms with van der Waals surface area (Å²) in [6.07, 6.45) is 0. The van der Waals surface area contributed by atoms with Crippen LogP contribution in [0.25, 0.3) is 11.4 Å². The van der Waals surface area contributed by atoms with Crippen LogP contribution in [0.2, 0.25) is 10.0 Å². The molecule has 1 N–H and O–H groups in total. The normalized spacial score (nSPS) is 17.5. The van der Waals surface area contributed by atoms with Gasteiger partial charge in [-0.3, -0.25) is 5.10 Å². The smallest absolute Gasteiger partial charge is 0.181 e. The van der Waals surface area contributed by atoms with E-state index in [1.165, 1.54) is 11.1 Å². The molecule has 0 unspecified atom stereocenters. The lowest BCUT2D eigenvalue weighted by Crippen LogP contribution is -2.31. The largest absolute Gasteiger partial charge is 0.301 e. The lowest BCUT2D eigenvalue weighted by atomic mass is 9.84. The van der Waals surface area contributed by atoms with Crippen molar-refractivity contribution in [2.45, 2.75) is 19.4 Å². The lowest BCUT2D eigenvalue weighted by molar-refractivity contribution is 0.295. The van der Waals surface area contributed by atoms with Gasteiger partial charge in [-0.15, -0.1) is 0 Å². The minimum absolute atomic E-state index is 0.213. The standard InChI is InChI=1S/C19H18Cl2N4/c1-11-22-19(24-23-11)13-5-3-4-12(6-13)16-9-25(2)10-17-15(16)7-14(20)8-18(17)21/h3-8,16H,9-10H2,1-2H3,(H,22,23,24)/t16-/m0/s1. The first-order chi connectivity index (χ1) is 12.0. The van der Waals surface area contributed by atoms with E-state index < -0.39 is 0 Å². The Morgan fingerprint density at radius 3 is 2.80 bits per heavy atom. The lowest BCUT2D eigenvalue weighted by Gasteiger charge is -2.33. The molecule has 0 fully saturated rings. The first-order valence-electron chi connectivity index (χ1n) is 8.17. The Morgan fingerprint density at radius 1 is 1.20 bits per heavy atom. The summed E-state index contributed by atoms with van der Waals surface area (Å²) < 4.78 is 0. The molecule has 0 aliphatic carbocycles. The topological polar surface area (TPSA) is 44.8 Å². The second-order valence-electron chi connectivity index (χ2n) is 6.57. The van der Waals surface area contributed by atoms with Crippen molar-refractivity contribution in [1.82, 2.24) is 20.1 Å². The van der Waals surface area contributed by atoms with Gasteiger partial charge in [-0.2, -0.15) is 5.10 Å². The Balaban J connectivity index is 1.81. The zero-order chi connectivity index (χ0) is 17.6. The number of likely N-dealkylation sites (N-methyl/N-ethyl adjacent to an activating group) is 1. The van der Waals surface area contributed by atoms with Crippen LogP contribution < -0.4 is 0 Å². The average molecular weight is 373 g/mol. The quantitative estimate of drug-likeness (QED) is 0.710. The number of rotatable bonds is 2. The summed E-state index contributed by atoms with van der Waals surface area (Å²) in [5.41, 5.74) is 4.58. The first-order valence-corrected chi connectivity index (χ1v) is 8.92. The number of aromatic nitrogens is 3. The number of H-pyrrole nitrogens is 1. The predicted molar refractivity (Wildman–Crippen MR) is 101 cm³/mol. The van der Waals surface area contributed by atoms with Crippen molar-refractivity contribution in [1.29, 1.82) is 0 Å². The van der Waals surface area contributed by atoms with E-state index >= 15 is 0 Å². The fraction of sp³-hybridized carbons (Fsp3) is 0.263. The number of hydrogen-bond donors (Lipinski definition) is 1. The number of halogens is 2. The predicted octanol–water partition coefficient (Wildman–Crippen LogP) is 4.66. The maximum absolute atomic E-state index is 6.46. The first kappa shape index (κ1) is 16.6. The number of benzene rings is 2. The van der Waals surface area contributed by atoms with Crippen LogP contribution in [-0.2, 0) is 6.54 Å². The summed E-state index contributed by atoms with van der Waals surface area (Å²) in [5.74, 6) is 1.74. The van der Waals surface area contributed by atoms with Crippen molar-refractivity contribution in [2.24, 2.45) is 0 Å². The van der Waals surface area contributed by atoms with E-state index in [2.05, 4.69) is 45.3 Å². The summed E-state index contributed by atoms with van der Waals surface area (Å²) in [7, 11) is 2.11. The maximum Gasteiger partial charge on any atom is 0.181 e. The van der Waals surface area contributed by atoms with Crippen LogP contribution in [0.3, 0.4) is 0 Å². The molecule has 2 heterocycles. The van der Waals surface area contributed by atoms with Crippen LogP contribution >= 0.6 is 23.2 Å². The highest BCUT2D eigenvalue weighted by atomic mass is 35.5. The van der Waals surface area contributed by atoms with Crippen molar-refractivity contribution < 1.29 is 0 Å². The van der Waals surface area contributed by atoms with Gasteiger partial charge in [0.25, 0.3) is 0 Å². The second kappa shape index (κ2) is 6.45. The minimum Gasteiger partial charge on any atom is -0.301 e. The molecule has 1 aromatic heterocycles. The van der Waals surface area contributed by atoms with Crippen molar-refractivity contribution in [3.05, 3.63) is 69.0 Å². The summed E-state index contributed by atoms with van der Waals surface area (Å²) in [4.78, 5) is 6.72. The third-order valence-corrected chi connectivity index (χ3v) is 5.19. The van der Waals surface area contributed by atoms with E-state index in [9.17, 15) is 0 Å². The van der Waals surface area contributed by atoms with Crippen LogP contribution in [0.15, 0.2) is 36.4 Å². The van der Waals surface area contributed by atoms with Gasteiger partial charge in [0.05, 0.1) is 0 Å². The van der Waals surface area contributed by atoms with Crippen molar-refractivity contribution in [3.63, 3.8) is 0 Å². The van der Waals surface area contributed by atoms with Crippen molar-refractivity contribution in [2.75, 3.05) is 13.6 Å². The number of hydrogen-bond acceptors (Lipinski definition) is 3. The van der Waals surface area contributed by atoms with Crippen molar-refractivity contribution in [3.8, 4) is 11.4 Å². The zero-order valence-corrected chi connectivity index (χ0v) is 15.6. The van der Waals surface area contributed by atoms with Gasteiger partial charge in [0.2, 0.25) is 0 Å². The molecular weight excluding hydrogens is 355 g/mol. The van der Waals surface area contributed by atoms with Gasteiger partial charge in [0.15, 0.2) is 5.82 Å². The van der Waals surface area contributed by atoms with Gasteiger partial charge in [0, 0.05) is 34.6 Å². The third kappa shape index (κ3) is 3.17. The van der Waals surface area contributed by atoms with Gasteiger partial charge >= 0.3 is 0 Å². The molecule has 25 heavy (non-hydrogen) atoms.